The summed E-state index contributed by atoms with van der Waals surface area (Å²) < 4.78 is 0. The fourth-order valence-electron chi connectivity index (χ4n) is 2.59. The molecule has 1 aliphatic heterocycles. The van der Waals surface area contributed by atoms with Crippen molar-refractivity contribution in [2.75, 3.05) is 18.0 Å². The van der Waals surface area contributed by atoms with Gasteiger partial charge in [-0.25, -0.2) is 9.78 Å². The SMILES string of the molecule is CC(C)C[C@@H](NC(=O)c1ccc(N2CCCC2)nc1)C(=O)O. The molecule has 2 heterocycles. The minimum atomic E-state index is -1.01. The van der Waals surface area contributed by atoms with Crippen molar-refractivity contribution in [1.29, 1.82) is 0 Å². The van der Waals surface area contributed by atoms with E-state index in [4.69, 9.17) is 5.11 Å². The fraction of sp³-hybridized carbons (Fsp3) is 0.562. The van der Waals surface area contributed by atoms with Crippen LogP contribution < -0.4 is 10.2 Å². The Morgan fingerprint density at radius 2 is 2.00 bits per heavy atom. The highest BCUT2D eigenvalue weighted by Crippen LogP contribution is 2.17. The van der Waals surface area contributed by atoms with Crippen LogP contribution in [0.15, 0.2) is 18.3 Å². The third-order valence-electron chi connectivity index (χ3n) is 3.75. The van der Waals surface area contributed by atoms with E-state index in [0.717, 1.165) is 18.9 Å². The van der Waals surface area contributed by atoms with Crippen molar-refractivity contribution >= 4 is 17.7 Å². The lowest BCUT2D eigenvalue weighted by atomic mass is 10.0. The first-order valence-electron chi connectivity index (χ1n) is 7.72. The normalized spacial score (nSPS) is 15.9. The number of hydrogen-bond acceptors (Lipinski definition) is 4. The van der Waals surface area contributed by atoms with Crippen LogP contribution in [0.3, 0.4) is 0 Å². The Bertz CT molecular complexity index is 522. The van der Waals surface area contributed by atoms with Gasteiger partial charge in [-0.1, -0.05) is 13.8 Å². The maximum Gasteiger partial charge on any atom is 0.326 e. The van der Waals surface area contributed by atoms with Crippen LogP contribution in [0.4, 0.5) is 5.82 Å². The Labute approximate surface area is 130 Å². The number of nitrogens with one attached hydrogen (secondary N) is 1. The summed E-state index contributed by atoms with van der Waals surface area (Å²) in [6, 6.07) is 2.65. The molecule has 1 aliphatic rings. The number of aromatic nitrogens is 1. The molecule has 6 nitrogen and oxygen atoms in total. The van der Waals surface area contributed by atoms with Gasteiger partial charge in [-0.3, -0.25) is 4.79 Å². The molecule has 0 saturated carbocycles. The lowest BCUT2D eigenvalue weighted by Crippen LogP contribution is -2.41. The van der Waals surface area contributed by atoms with Crippen LogP contribution in [-0.2, 0) is 4.79 Å². The molecule has 0 bridgehead atoms. The Kier molecular flexibility index (Phi) is 5.35. The lowest BCUT2D eigenvalue weighted by molar-refractivity contribution is -0.139. The molecule has 0 spiro atoms. The number of carboxylic acids is 1. The first-order valence-corrected chi connectivity index (χ1v) is 7.72. The van der Waals surface area contributed by atoms with Crippen LogP contribution >= 0.6 is 0 Å². The smallest absolute Gasteiger partial charge is 0.326 e. The van der Waals surface area contributed by atoms with Gasteiger partial charge in [0, 0.05) is 19.3 Å². The van der Waals surface area contributed by atoms with Gasteiger partial charge >= 0.3 is 5.97 Å². The van der Waals surface area contributed by atoms with E-state index >= 15 is 0 Å². The predicted octanol–water partition coefficient (Wildman–Crippen LogP) is 1.91. The van der Waals surface area contributed by atoms with E-state index in [0.29, 0.717) is 12.0 Å². The standard InChI is InChI=1S/C16H23N3O3/c1-11(2)9-13(16(21)22)18-15(20)12-5-6-14(17-10-12)19-7-3-4-8-19/h5-6,10-11,13H,3-4,7-9H2,1-2H3,(H,18,20)(H,21,22)/t13-/m1/s1. The zero-order valence-electron chi connectivity index (χ0n) is 13.1. The molecule has 6 heteroatoms. The summed E-state index contributed by atoms with van der Waals surface area (Å²) >= 11 is 0. The first kappa shape index (κ1) is 16.3. The van der Waals surface area contributed by atoms with Crippen LogP contribution in [0.1, 0.15) is 43.5 Å². The monoisotopic (exact) mass is 305 g/mol. The largest absolute Gasteiger partial charge is 0.480 e. The summed E-state index contributed by atoms with van der Waals surface area (Å²) in [6.45, 7) is 5.84. The minimum Gasteiger partial charge on any atom is -0.480 e. The van der Waals surface area contributed by atoms with Gasteiger partial charge in [-0.2, -0.15) is 0 Å². The Morgan fingerprint density at radius 3 is 2.50 bits per heavy atom. The molecule has 22 heavy (non-hydrogen) atoms. The molecule has 1 atom stereocenters. The zero-order valence-corrected chi connectivity index (χ0v) is 13.1. The van der Waals surface area contributed by atoms with Gasteiger partial charge in [0.2, 0.25) is 0 Å². The minimum absolute atomic E-state index is 0.192. The van der Waals surface area contributed by atoms with Gasteiger partial charge < -0.3 is 15.3 Å². The molecule has 1 aromatic heterocycles. The van der Waals surface area contributed by atoms with Gasteiger partial charge in [0.1, 0.15) is 11.9 Å². The van der Waals surface area contributed by atoms with Crippen molar-refractivity contribution in [3.63, 3.8) is 0 Å². The molecule has 0 radical (unpaired) electrons. The van der Waals surface area contributed by atoms with Gasteiger partial charge in [-0.05, 0) is 37.3 Å². The predicted molar refractivity (Wildman–Crippen MR) is 84.0 cm³/mol. The summed E-state index contributed by atoms with van der Waals surface area (Å²) in [6.07, 6.45) is 4.25. The molecule has 1 aromatic rings. The molecule has 0 aliphatic carbocycles. The average molecular weight is 305 g/mol. The van der Waals surface area contributed by atoms with Crippen molar-refractivity contribution in [2.24, 2.45) is 5.92 Å². The van der Waals surface area contributed by atoms with E-state index in [2.05, 4.69) is 15.2 Å². The van der Waals surface area contributed by atoms with Gasteiger partial charge in [0.05, 0.1) is 5.56 Å². The maximum atomic E-state index is 12.1. The molecule has 1 saturated heterocycles. The molecule has 1 fully saturated rings. The number of hydrogen-bond donors (Lipinski definition) is 2. The third kappa shape index (κ3) is 4.19. The number of amides is 1. The van der Waals surface area contributed by atoms with Crippen LogP contribution in [0.5, 0.6) is 0 Å². The number of anilines is 1. The van der Waals surface area contributed by atoms with Gasteiger partial charge in [-0.15, -0.1) is 0 Å². The highest BCUT2D eigenvalue weighted by Gasteiger charge is 2.22. The highest BCUT2D eigenvalue weighted by atomic mass is 16.4. The second-order valence-corrected chi connectivity index (χ2v) is 6.09. The Balaban J connectivity index is 2.00. The van der Waals surface area contributed by atoms with Crippen LogP contribution in [-0.4, -0.2) is 41.1 Å². The molecule has 2 rings (SSSR count). The zero-order chi connectivity index (χ0) is 16.1. The third-order valence-corrected chi connectivity index (χ3v) is 3.75. The second-order valence-electron chi connectivity index (χ2n) is 6.09. The highest BCUT2D eigenvalue weighted by molar-refractivity contribution is 5.96. The number of carbonyl (C=O) groups is 2. The summed E-state index contributed by atoms with van der Waals surface area (Å²) in [5.41, 5.74) is 0.387. The number of carbonyl (C=O) groups excluding carboxylic acids is 1. The van der Waals surface area contributed by atoms with Gasteiger partial charge in [0.15, 0.2) is 0 Å². The lowest BCUT2D eigenvalue weighted by Gasteiger charge is -2.18. The first-order chi connectivity index (χ1) is 10.5. The van der Waals surface area contributed by atoms with Crippen molar-refractivity contribution in [1.82, 2.24) is 10.3 Å². The average Bonchev–Trinajstić information content (AvgIpc) is 3.00. The molecule has 2 N–H and O–H groups in total. The molecular formula is C16H23N3O3. The molecule has 120 valence electrons. The number of carboxylic acid groups (broad SMARTS) is 1. The summed E-state index contributed by atoms with van der Waals surface area (Å²) in [5, 5.41) is 11.7. The van der Waals surface area contributed by atoms with E-state index in [1.807, 2.05) is 19.9 Å². The fourth-order valence-corrected chi connectivity index (χ4v) is 2.59. The van der Waals surface area contributed by atoms with Gasteiger partial charge in [0.25, 0.3) is 5.91 Å². The van der Waals surface area contributed by atoms with E-state index in [1.54, 1.807) is 6.07 Å². The topological polar surface area (TPSA) is 82.5 Å². The van der Waals surface area contributed by atoms with Crippen LogP contribution in [0.2, 0.25) is 0 Å². The van der Waals surface area contributed by atoms with Crippen LogP contribution in [0.25, 0.3) is 0 Å². The Hall–Kier alpha value is -2.11. The van der Waals surface area contributed by atoms with Crippen LogP contribution in [0, 0.1) is 5.92 Å². The number of pyridine rings is 1. The Morgan fingerprint density at radius 1 is 1.32 bits per heavy atom. The molecule has 1 amide bonds. The maximum absolute atomic E-state index is 12.1. The number of aliphatic carboxylic acids is 1. The summed E-state index contributed by atoms with van der Waals surface area (Å²) in [7, 11) is 0. The summed E-state index contributed by atoms with van der Waals surface area (Å²) in [5.74, 6) is -0.347. The van der Waals surface area contributed by atoms with Crippen molar-refractivity contribution in [2.45, 2.75) is 39.2 Å². The number of rotatable bonds is 6. The van der Waals surface area contributed by atoms with E-state index < -0.39 is 17.9 Å². The molecule has 0 aromatic carbocycles. The van der Waals surface area contributed by atoms with Crippen molar-refractivity contribution < 1.29 is 14.7 Å². The summed E-state index contributed by atoms with van der Waals surface area (Å²) in [4.78, 5) is 29.8. The van der Waals surface area contributed by atoms with Crippen molar-refractivity contribution in [3.05, 3.63) is 23.9 Å². The van der Waals surface area contributed by atoms with E-state index in [-0.39, 0.29) is 5.92 Å². The van der Waals surface area contributed by atoms with E-state index in [1.165, 1.54) is 19.0 Å². The quantitative estimate of drug-likeness (QED) is 0.839. The van der Waals surface area contributed by atoms with Crippen molar-refractivity contribution in [3.8, 4) is 0 Å². The molecular weight excluding hydrogens is 282 g/mol. The molecule has 0 unspecified atom stereocenters. The number of nitrogens with zero attached hydrogens (tertiary/aromatic N) is 2. The van der Waals surface area contributed by atoms with E-state index in [9.17, 15) is 9.59 Å². The second kappa shape index (κ2) is 7.24.